The Labute approximate surface area is 155 Å². The Hall–Kier alpha value is -3.12. The van der Waals surface area contributed by atoms with Crippen molar-refractivity contribution in [2.75, 3.05) is 6.61 Å². The van der Waals surface area contributed by atoms with Gasteiger partial charge in [0.25, 0.3) is 5.91 Å². The van der Waals surface area contributed by atoms with Gasteiger partial charge in [-0.3, -0.25) is 10.1 Å². The second kappa shape index (κ2) is 10.0. The Morgan fingerprint density at radius 2 is 1.69 bits per heavy atom. The normalized spacial score (nSPS) is 10.3. The van der Waals surface area contributed by atoms with E-state index in [2.05, 4.69) is 10.6 Å². The molecule has 3 amide bonds. The van der Waals surface area contributed by atoms with Crippen LogP contribution < -0.4 is 10.6 Å². The molecule has 2 N–H and O–H groups in total. The number of rotatable bonds is 6. The van der Waals surface area contributed by atoms with E-state index in [1.54, 1.807) is 24.3 Å². The molecule has 134 valence electrons. The molecule has 2 rings (SSSR count). The van der Waals surface area contributed by atoms with Crippen LogP contribution in [0.5, 0.6) is 0 Å². The molecule has 0 radical (unpaired) electrons. The topological polar surface area (TPSA) is 84.5 Å². The van der Waals surface area contributed by atoms with Crippen LogP contribution in [0, 0.1) is 0 Å². The molecular formula is C19H17ClN2O4. The number of esters is 1. The minimum atomic E-state index is -0.719. The number of carbonyl (C=O) groups excluding carboxylic acids is 3. The Morgan fingerprint density at radius 1 is 1.00 bits per heavy atom. The summed E-state index contributed by atoms with van der Waals surface area (Å²) in [5.41, 5.74) is 1.66. The lowest BCUT2D eigenvalue weighted by atomic mass is 10.2. The number of hydrogen-bond donors (Lipinski definition) is 2. The highest BCUT2D eigenvalue weighted by atomic mass is 35.5. The number of ether oxygens (including phenoxy) is 1. The van der Waals surface area contributed by atoms with Crippen LogP contribution in [0.25, 0.3) is 6.08 Å². The number of imide groups is 1. The third kappa shape index (κ3) is 7.19. The highest BCUT2D eigenvalue weighted by Gasteiger charge is 2.09. The number of nitrogens with one attached hydrogen (secondary N) is 2. The predicted molar refractivity (Wildman–Crippen MR) is 98.3 cm³/mol. The first-order valence-corrected chi connectivity index (χ1v) is 8.13. The molecular weight excluding hydrogens is 356 g/mol. The monoisotopic (exact) mass is 372 g/mol. The molecule has 0 bridgehead atoms. The van der Waals surface area contributed by atoms with Crippen molar-refractivity contribution < 1.29 is 19.1 Å². The number of amides is 3. The van der Waals surface area contributed by atoms with Crippen molar-refractivity contribution in [3.63, 3.8) is 0 Å². The van der Waals surface area contributed by atoms with E-state index in [0.717, 1.165) is 11.1 Å². The number of carbonyl (C=O) groups is 3. The standard InChI is InChI=1S/C19H17ClN2O4/c20-16-9-6-14(7-10-16)8-11-18(24)26-13-17(23)22-19(25)21-12-15-4-2-1-3-5-15/h1-11H,12-13H2,(H2,21,22,23,25). The molecule has 6 nitrogen and oxygen atoms in total. The molecule has 0 aliphatic heterocycles. The molecule has 0 fully saturated rings. The molecule has 0 aromatic heterocycles. The Balaban J connectivity index is 1.68. The van der Waals surface area contributed by atoms with Gasteiger partial charge in [-0.15, -0.1) is 0 Å². The van der Waals surface area contributed by atoms with Crippen LogP contribution in [0.15, 0.2) is 60.7 Å². The molecule has 0 saturated heterocycles. The molecule has 0 unspecified atom stereocenters. The smallest absolute Gasteiger partial charge is 0.331 e. The molecule has 7 heteroatoms. The quantitative estimate of drug-likeness (QED) is 0.603. The summed E-state index contributed by atoms with van der Waals surface area (Å²) in [6.45, 7) is -0.272. The van der Waals surface area contributed by atoms with Crippen LogP contribution in [-0.4, -0.2) is 24.5 Å². The molecule has 2 aromatic rings. The van der Waals surface area contributed by atoms with Crippen LogP contribution >= 0.6 is 11.6 Å². The summed E-state index contributed by atoms with van der Waals surface area (Å²) in [4.78, 5) is 34.8. The first-order valence-electron chi connectivity index (χ1n) is 7.75. The van der Waals surface area contributed by atoms with Crippen molar-refractivity contribution in [2.24, 2.45) is 0 Å². The second-order valence-corrected chi connectivity index (χ2v) is 5.65. The molecule has 0 heterocycles. The van der Waals surface area contributed by atoms with Crippen LogP contribution in [0.4, 0.5) is 4.79 Å². The van der Waals surface area contributed by atoms with Gasteiger partial charge < -0.3 is 10.1 Å². The Morgan fingerprint density at radius 3 is 2.38 bits per heavy atom. The third-order valence-corrected chi connectivity index (χ3v) is 3.43. The molecule has 26 heavy (non-hydrogen) atoms. The van der Waals surface area contributed by atoms with Gasteiger partial charge in [0.1, 0.15) is 0 Å². The van der Waals surface area contributed by atoms with Crippen LogP contribution in [0.3, 0.4) is 0 Å². The van der Waals surface area contributed by atoms with Gasteiger partial charge in [0.15, 0.2) is 6.61 Å². The lowest BCUT2D eigenvalue weighted by Crippen LogP contribution is -2.41. The van der Waals surface area contributed by atoms with Gasteiger partial charge in [-0.1, -0.05) is 54.1 Å². The number of urea groups is 1. The van der Waals surface area contributed by atoms with Crippen LogP contribution in [-0.2, 0) is 20.9 Å². The van der Waals surface area contributed by atoms with Gasteiger partial charge in [0, 0.05) is 17.6 Å². The molecule has 0 spiro atoms. The molecule has 2 aromatic carbocycles. The van der Waals surface area contributed by atoms with Crippen molar-refractivity contribution in [1.29, 1.82) is 0 Å². The average Bonchev–Trinajstić information content (AvgIpc) is 2.65. The lowest BCUT2D eigenvalue weighted by Gasteiger charge is -2.06. The lowest BCUT2D eigenvalue weighted by molar-refractivity contribution is -0.143. The Kier molecular flexibility index (Phi) is 7.39. The fourth-order valence-electron chi connectivity index (χ4n) is 1.91. The number of halogens is 1. The van der Waals surface area contributed by atoms with Crippen molar-refractivity contribution in [1.82, 2.24) is 10.6 Å². The van der Waals surface area contributed by atoms with E-state index in [9.17, 15) is 14.4 Å². The predicted octanol–water partition coefficient (Wildman–Crippen LogP) is 2.92. The van der Waals surface area contributed by atoms with Gasteiger partial charge >= 0.3 is 12.0 Å². The van der Waals surface area contributed by atoms with Crippen LogP contribution in [0.1, 0.15) is 11.1 Å². The van der Waals surface area contributed by atoms with Gasteiger partial charge in [-0.25, -0.2) is 9.59 Å². The highest BCUT2D eigenvalue weighted by Crippen LogP contribution is 2.10. The highest BCUT2D eigenvalue weighted by molar-refractivity contribution is 6.30. The van der Waals surface area contributed by atoms with Crippen LogP contribution in [0.2, 0.25) is 5.02 Å². The van der Waals surface area contributed by atoms with Gasteiger partial charge in [-0.2, -0.15) is 0 Å². The van der Waals surface area contributed by atoms with Crippen molar-refractivity contribution in [3.05, 3.63) is 76.8 Å². The summed E-state index contributed by atoms with van der Waals surface area (Å²) < 4.78 is 4.77. The van der Waals surface area contributed by atoms with E-state index in [4.69, 9.17) is 16.3 Å². The minimum Gasteiger partial charge on any atom is -0.452 e. The maximum atomic E-state index is 11.6. The zero-order valence-corrected chi connectivity index (χ0v) is 14.5. The maximum absolute atomic E-state index is 11.6. The van der Waals surface area contributed by atoms with Gasteiger partial charge in [0.05, 0.1) is 0 Å². The molecule has 0 atom stereocenters. The average molecular weight is 373 g/mol. The minimum absolute atomic E-state index is 0.281. The first kappa shape index (κ1) is 19.2. The fraction of sp³-hybridized carbons (Fsp3) is 0.105. The number of hydrogen-bond acceptors (Lipinski definition) is 4. The SMILES string of the molecule is O=C(COC(=O)C=Cc1ccc(Cl)cc1)NC(=O)NCc1ccccc1. The molecule has 0 aliphatic carbocycles. The number of benzene rings is 2. The summed E-state index contributed by atoms with van der Waals surface area (Å²) >= 11 is 5.76. The fourth-order valence-corrected chi connectivity index (χ4v) is 2.03. The van der Waals surface area contributed by atoms with E-state index in [1.807, 2.05) is 30.3 Å². The summed E-state index contributed by atoms with van der Waals surface area (Å²) in [6.07, 6.45) is 2.72. The van der Waals surface area contributed by atoms with Crippen molar-refractivity contribution in [2.45, 2.75) is 6.54 Å². The van der Waals surface area contributed by atoms with E-state index in [0.29, 0.717) is 5.02 Å². The largest absolute Gasteiger partial charge is 0.452 e. The van der Waals surface area contributed by atoms with E-state index in [-0.39, 0.29) is 6.54 Å². The summed E-state index contributed by atoms with van der Waals surface area (Å²) in [5, 5.41) is 5.20. The third-order valence-electron chi connectivity index (χ3n) is 3.18. The van der Waals surface area contributed by atoms with E-state index < -0.39 is 24.5 Å². The summed E-state index contributed by atoms with van der Waals surface area (Å²) in [7, 11) is 0. The first-order chi connectivity index (χ1) is 12.5. The van der Waals surface area contributed by atoms with Gasteiger partial charge in [-0.05, 0) is 29.3 Å². The molecule has 0 aliphatic rings. The summed E-state index contributed by atoms with van der Waals surface area (Å²) in [5.74, 6) is -1.41. The summed E-state index contributed by atoms with van der Waals surface area (Å²) in [6, 6.07) is 15.4. The van der Waals surface area contributed by atoms with E-state index in [1.165, 1.54) is 12.2 Å². The van der Waals surface area contributed by atoms with E-state index >= 15 is 0 Å². The Bertz CT molecular complexity index is 789. The maximum Gasteiger partial charge on any atom is 0.331 e. The zero-order valence-electron chi connectivity index (χ0n) is 13.8. The molecule has 0 saturated carbocycles. The zero-order chi connectivity index (χ0) is 18.8. The second-order valence-electron chi connectivity index (χ2n) is 5.21. The van der Waals surface area contributed by atoms with Gasteiger partial charge in [0.2, 0.25) is 0 Å². The van der Waals surface area contributed by atoms with Crippen molar-refractivity contribution >= 4 is 35.6 Å². The van der Waals surface area contributed by atoms with Crippen molar-refractivity contribution in [3.8, 4) is 0 Å².